The van der Waals surface area contributed by atoms with Crippen molar-refractivity contribution in [2.75, 3.05) is 5.75 Å². The molecule has 6 nitrogen and oxygen atoms in total. The van der Waals surface area contributed by atoms with Crippen molar-refractivity contribution in [1.29, 1.82) is 0 Å². The molecule has 130 valence electrons. The number of nitrogens with one attached hydrogen (secondary N) is 1. The van der Waals surface area contributed by atoms with Gasteiger partial charge in [0.25, 0.3) is 5.78 Å². The maximum atomic E-state index is 12.2. The topological polar surface area (TPSA) is 72.2 Å². The second kappa shape index (κ2) is 7.53. The van der Waals surface area contributed by atoms with Crippen LogP contribution in [0.15, 0.2) is 40.0 Å². The lowest BCUT2D eigenvalue weighted by atomic mass is 10.1. The second-order valence-electron chi connectivity index (χ2n) is 5.77. The molecule has 0 saturated carbocycles. The molecule has 0 aliphatic carbocycles. The highest BCUT2D eigenvalue weighted by Gasteiger charge is 2.13. The Morgan fingerprint density at radius 3 is 2.72 bits per heavy atom. The number of aromatic nitrogens is 4. The first-order valence-electron chi connectivity index (χ1n) is 7.81. The molecule has 0 fully saturated rings. The Morgan fingerprint density at radius 2 is 2.00 bits per heavy atom. The fourth-order valence-corrected chi connectivity index (χ4v) is 3.35. The molecule has 25 heavy (non-hydrogen) atoms. The Hall–Kier alpha value is -1.93. The Bertz CT molecular complexity index is 909. The van der Waals surface area contributed by atoms with Crippen LogP contribution in [0.25, 0.3) is 5.78 Å². The van der Waals surface area contributed by atoms with Gasteiger partial charge in [-0.3, -0.25) is 4.79 Å². The van der Waals surface area contributed by atoms with Crippen molar-refractivity contribution in [2.45, 2.75) is 32.0 Å². The quantitative estimate of drug-likeness (QED) is 0.640. The van der Waals surface area contributed by atoms with Gasteiger partial charge in [-0.15, -0.1) is 5.10 Å². The van der Waals surface area contributed by atoms with E-state index >= 15 is 0 Å². The van der Waals surface area contributed by atoms with Crippen molar-refractivity contribution < 1.29 is 4.79 Å². The van der Waals surface area contributed by atoms with Crippen LogP contribution in [-0.2, 0) is 4.79 Å². The molecular weight excluding hydrogens is 402 g/mol. The van der Waals surface area contributed by atoms with Crippen LogP contribution in [0.5, 0.6) is 0 Å². The molecule has 3 rings (SSSR count). The van der Waals surface area contributed by atoms with Crippen LogP contribution in [0, 0.1) is 13.8 Å². The monoisotopic (exact) mass is 419 g/mol. The molecule has 2 heterocycles. The van der Waals surface area contributed by atoms with Gasteiger partial charge in [-0.25, -0.2) is 9.50 Å². The highest BCUT2D eigenvalue weighted by Crippen LogP contribution is 2.18. The first-order valence-corrected chi connectivity index (χ1v) is 9.59. The van der Waals surface area contributed by atoms with E-state index in [-0.39, 0.29) is 17.7 Å². The molecule has 3 aromatic rings. The molecule has 1 N–H and O–H groups in total. The summed E-state index contributed by atoms with van der Waals surface area (Å²) < 4.78 is 2.71. The van der Waals surface area contributed by atoms with E-state index in [1.807, 2.05) is 51.1 Å². The van der Waals surface area contributed by atoms with E-state index in [9.17, 15) is 4.79 Å². The normalized spacial score (nSPS) is 12.3. The Labute approximate surface area is 158 Å². The summed E-state index contributed by atoms with van der Waals surface area (Å²) in [4.78, 5) is 20.9. The molecule has 0 bridgehead atoms. The van der Waals surface area contributed by atoms with Gasteiger partial charge in [0, 0.05) is 15.9 Å². The minimum atomic E-state index is -0.0554. The summed E-state index contributed by atoms with van der Waals surface area (Å²) in [6.07, 6.45) is 0. The van der Waals surface area contributed by atoms with E-state index in [4.69, 9.17) is 0 Å². The third kappa shape index (κ3) is 4.38. The standard InChI is InChI=1S/C17H18BrN5OS/c1-10-8-11(2)23-16(19-10)21-17(22-23)25-9-15(24)20-12(3)13-4-6-14(18)7-5-13/h4-8,12H,9H2,1-3H3,(H,20,24)/t12-/m1/s1. The lowest BCUT2D eigenvalue weighted by molar-refractivity contribution is -0.119. The third-order valence-electron chi connectivity index (χ3n) is 3.68. The van der Waals surface area contributed by atoms with Crippen LogP contribution in [0.2, 0.25) is 0 Å². The van der Waals surface area contributed by atoms with Gasteiger partial charge in [0.15, 0.2) is 0 Å². The van der Waals surface area contributed by atoms with Gasteiger partial charge in [-0.05, 0) is 44.5 Å². The van der Waals surface area contributed by atoms with Crippen molar-refractivity contribution in [3.8, 4) is 0 Å². The number of hydrogen-bond donors (Lipinski definition) is 1. The van der Waals surface area contributed by atoms with E-state index in [2.05, 4.69) is 36.3 Å². The molecule has 1 atom stereocenters. The molecular formula is C17H18BrN5OS. The van der Waals surface area contributed by atoms with E-state index in [0.717, 1.165) is 21.4 Å². The second-order valence-corrected chi connectivity index (χ2v) is 7.63. The van der Waals surface area contributed by atoms with Crippen molar-refractivity contribution in [3.63, 3.8) is 0 Å². The summed E-state index contributed by atoms with van der Waals surface area (Å²) >= 11 is 4.71. The van der Waals surface area contributed by atoms with Gasteiger partial charge >= 0.3 is 0 Å². The maximum absolute atomic E-state index is 12.2. The zero-order valence-corrected chi connectivity index (χ0v) is 16.6. The number of fused-ring (bicyclic) bond motifs is 1. The lowest BCUT2D eigenvalue weighted by Crippen LogP contribution is -2.28. The minimum absolute atomic E-state index is 0.0539. The zero-order valence-electron chi connectivity index (χ0n) is 14.2. The smallest absolute Gasteiger partial charge is 0.253 e. The SMILES string of the molecule is Cc1cc(C)n2nc(SCC(=O)N[C@H](C)c3ccc(Br)cc3)nc2n1. The fourth-order valence-electron chi connectivity index (χ4n) is 2.46. The summed E-state index contributed by atoms with van der Waals surface area (Å²) in [5.74, 6) is 0.763. The zero-order chi connectivity index (χ0) is 18.0. The van der Waals surface area contributed by atoms with Gasteiger partial charge in [-0.2, -0.15) is 4.98 Å². The van der Waals surface area contributed by atoms with Crippen molar-refractivity contribution >= 4 is 39.4 Å². The molecule has 2 aromatic heterocycles. The molecule has 0 radical (unpaired) electrons. The molecule has 0 aliphatic heterocycles. The number of hydrogen-bond acceptors (Lipinski definition) is 5. The Morgan fingerprint density at radius 1 is 1.28 bits per heavy atom. The van der Waals surface area contributed by atoms with Crippen molar-refractivity contribution in [3.05, 3.63) is 51.8 Å². The van der Waals surface area contributed by atoms with Crippen LogP contribution < -0.4 is 5.32 Å². The predicted octanol–water partition coefficient (Wildman–Crippen LogP) is 3.47. The number of thioether (sulfide) groups is 1. The molecule has 0 spiro atoms. The summed E-state index contributed by atoms with van der Waals surface area (Å²) in [5, 5.41) is 7.93. The number of carbonyl (C=O) groups is 1. The van der Waals surface area contributed by atoms with E-state index in [1.165, 1.54) is 11.8 Å². The number of carbonyl (C=O) groups excluding carboxylic acids is 1. The number of amides is 1. The third-order valence-corrected chi connectivity index (χ3v) is 5.05. The molecule has 0 unspecified atom stereocenters. The average Bonchev–Trinajstić information content (AvgIpc) is 2.97. The molecule has 8 heteroatoms. The Balaban J connectivity index is 1.60. The van der Waals surface area contributed by atoms with Crippen LogP contribution in [0.4, 0.5) is 0 Å². The predicted molar refractivity (Wildman–Crippen MR) is 102 cm³/mol. The lowest BCUT2D eigenvalue weighted by Gasteiger charge is -2.14. The highest BCUT2D eigenvalue weighted by atomic mass is 79.9. The number of nitrogens with zero attached hydrogens (tertiary/aromatic N) is 4. The minimum Gasteiger partial charge on any atom is -0.349 e. The van der Waals surface area contributed by atoms with E-state index in [0.29, 0.717) is 10.9 Å². The van der Waals surface area contributed by atoms with Gasteiger partial charge in [-0.1, -0.05) is 39.8 Å². The van der Waals surface area contributed by atoms with Crippen LogP contribution in [0.3, 0.4) is 0 Å². The first kappa shape index (κ1) is 17.9. The maximum Gasteiger partial charge on any atom is 0.253 e. The molecule has 0 aliphatic rings. The number of rotatable bonds is 5. The number of halogens is 1. The fraction of sp³-hybridized carbons (Fsp3) is 0.294. The summed E-state index contributed by atoms with van der Waals surface area (Å²) in [5.41, 5.74) is 2.92. The van der Waals surface area contributed by atoms with Gasteiger partial charge in [0.05, 0.1) is 11.8 Å². The number of benzene rings is 1. The summed E-state index contributed by atoms with van der Waals surface area (Å²) in [7, 11) is 0. The summed E-state index contributed by atoms with van der Waals surface area (Å²) in [6, 6.07) is 9.80. The molecule has 0 saturated heterocycles. The number of aryl methyl sites for hydroxylation is 2. The molecule has 1 aromatic carbocycles. The van der Waals surface area contributed by atoms with Gasteiger partial charge in [0.2, 0.25) is 11.1 Å². The van der Waals surface area contributed by atoms with E-state index < -0.39 is 0 Å². The van der Waals surface area contributed by atoms with Crippen LogP contribution in [-0.4, -0.2) is 31.2 Å². The van der Waals surface area contributed by atoms with Crippen LogP contribution in [0.1, 0.15) is 29.9 Å². The Kier molecular flexibility index (Phi) is 5.39. The highest BCUT2D eigenvalue weighted by molar-refractivity contribution is 9.10. The molecule has 1 amide bonds. The largest absolute Gasteiger partial charge is 0.349 e. The van der Waals surface area contributed by atoms with E-state index in [1.54, 1.807) is 4.52 Å². The van der Waals surface area contributed by atoms with Gasteiger partial charge in [0.1, 0.15) is 0 Å². The average molecular weight is 420 g/mol. The summed E-state index contributed by atoms with van der Waals surface area (Å²) in [6.45, 7) is 5.84. The first-order chi connectivity index (χ1) is 11.9. The van der Waals surface area contributed by atoms with Gasteiger partial charge < -0.3 is 5.32 Å². The van der Waals surface area contributed by atoms with Crippen LogP contribution >= 0.6 is 27.7 Å². The van der Waals surface area contributed by atoms with Crippen molar-refractivity contribution in [1.82, 2.24) is 24.9 Å². The van der Waals surface area contributed by atoms with Crippen molar-refractivity contribution in [2.24, 2.45) is 0 Å².